The molecule has 1 rings (SSSR count). The van der Waals surface area contributed by atoms with Crippen LogP contribution in [0.1, 0.15) is 35.8 Å². The lowest BCUT2D eigenvalue weighted by Crippen LogP contribution is -2.05. The van der Waals surface area contributed by atoms with Gasteiger partial charge in [0.1, 0.15) is 5.56 Å². The summed E-state index contributed by atoms with van der Waals surface area (Å²) < 4.78 is 13.0. The molecule has 1 heterocycles. The van der Waals surface area contributed by atoms with E-state index in [9.17, 15) is 9.18 Å². The first kappa shape index (κ1) is 9.64. The van der Waals surface area contributed by atoms with Gasteiger partial charge in [0.25, 0.3) is 0 Å². The third-order valence-electron chi connectivity index (χ3n) is 1.69. The highest BCUT2D eigenvalue weighted by molar-refractivity contribution is 5.87. The van der Waals surface area contributed by atoms with Crippen molar-refractivity contribution in [2.24, 2.45) is 0 Å². The van der Waals surface area contributed by atoms with E-state index >= 15 is 0 Å². The Hall–Kier alpha value is -1.45. The van der Waals surface area contributed by atoms with E-state index < -0.39 is 11.9 Å². The van der Waals surface area contributed by atoms with Crippen molar-refractivity contribution in [3.63, 3.8) is 0 Å². The summed E-state index contributed by atoms with van der Waals surface area (Å²) >= 11 is 0. The normalized spacial score (nSPS) is 10.5. The molecule has 0 amide bonds. The lowest BCUT2D eigenvalue weighted by Gasteiger charge is -2.04. The molecule has 3 nitrogen and oxygen atoms in total. The third-order valence-corrected chi connectivity index (χ3v) is 1.69. The van der Waals surface area contributed by atoms with Crippen LogP contribution in [-0.4, -0.2) is 16.1 Å². The molecule has 0 aromatic carbocycles. The third kappa shape index (κ3) is 2.02. The number of nitrogens with zero attached hydrogens (tertiary/aromatic N) is 1. The highest BCUT2D eigenvalue weighted by atomic mass is 19.1. The molecular formula is C9H10FNO2. The van der Waals surface area contributed by atoms with Gasteiger partial charge in [-0.05, 0) is 18.1 Å². The second-order valence-corrected chi connectivity index (χ2v) is 3.03. The van der Waals surface area contributed by atoms with E-state index in [4.69, 9.17) is 5.11 Å². The molecule has 1 aromatic rings. The molecule has 0 spiro atoms. The van der Waals surface area contributed by atoms with Gasteiger partial charge in [-0.1, -0.05) is 13.8 Å². The highest BCUT2D eigenvalue weighted by Gasteiger charge is 2.12. The van der Waals surface area contributed by atoms with Crippen LogP contribution >= 0.6 is 0 Å². The molecule has 0 radical (unpaired) electrons. The maximum Gasteiger partial charge on any atom is 0.340 e. The van der Waals surface area contributed by atoms with Gasteiger partial charge < -0.3 is 5.11 Å². The van der Waals surface area contributed by atoms with Crippen molar-refractivity contribution in [3.05, 3.63) is 29.3 Å². The molecule has 1 aromatic heterocycles. The van der Waals surface area contributed by atoms with Crippen LogP contribution in [0, 0.1) is 5.95 Å². The number of hydrogen-bond donors (Lipinski definition) is 1. The van der Waals surface area contributed by atoms with Crippen molar-refractivity contribution >= 4 is 5.97 Å². The summed E-state index contributed by atoms with van der Waals surface area (Å²) in [5, 5.41) is 8.52. The van der Waals surface area contributed by atoms with Crippen LogP contribution in [0.5, 0.6) is 0 Å². The standard InChI is InChI=1S/C9H10FNO2/c1-5(2)7-4-3-6(9(12)13)8(10)11-7/h3-5H,1-2H3,(H,12,13). The number of aromatic carboxylic acids is 1. The van der Waals surface area contributed by atoms with E-state index in [1.54, 1.807) is 0 Å². The van der Waals surface area contributed by atoms with Crippen LogP contribution in [0.25, 0.3) is 0 Å². The summed E-state index contributed by atoms with van der Waals surface area (Å²) in [4.78, 5) is 14.0. The van der Waals surface area contributed by atoms with Crippen LogP contribution < -0.4 is 0 Å². The van der Waals surface area contributed by atoms with Gasteiger partial charge in [0, 0.05) is 5.69 Å². The van der Waals surface area contributed by atoms with Crippen LogP contribution in [0.4, 0.5) is 4.39 Å². The van der Waals surface area contributed by atoms with Crippen molar-refractivity contribution in [2.45, 2.75) is 19.8 Å². The molecule has 13 heavy (non-hydrogen) atoms. The Morgan fingerprint density at radius 2 is 2.15 bits per heavy atom. The molecule has 0 bridgehead atoms. The number of rotatable bonds is 2. The number of carbonyl (C=O) groups is 1. The van der Waals surface area contributed by atoms with Gasteiger partial charge in [0.05, 0.1) is 0 Å². The van der Waals surface area contributed by atoms with E-state index in [2.05, 4.69) is 4.98 Å². The molecule has 0 unspecified atom stereocenters. The molecule has 0 saturated heterocycles. The predicted molar refractivity (Wildman–Crippen MR) is 45.2 cm³/mol. The molecule has 0 aliphatic rings. The zero-order chi connectivity index (χ0) is 10.0. The van der Waals surface area contributed by atoms with Gasteiger partial charge in [-0.3, -0.25) is 0 Å². The number of pyridine rings is 1. The summed E-state index contributed by atoms with van der Waals surface area (Å²) in [6, 6.07) is 2.76. The van der Waals surface area contributed by atoms with Gasteiger partial charge in [-0.15, -0.1) is 0 Å². The van der Waals surface area contributed by atoms with Crippen LogP contribution in [0.2, 0.25) is 0 Å². The fourth-order valence-corrected chi connectivity index (χ4v) is 0.929. The Morgan fingerprint density at radius 3 is 2.54 bits per heavy atom. The quantitative estimate of drug-likeness (QED) is 0.714. The number of carboxylic acid groups (broad SMARTS) is 1. The van der Waals surface area contributed by atoms with Gasteiger partial charge in [0.15, 0.2) is 0 Å². The Labute approximate surface area is 75.2 Å². The fourth-order valence-electron chi connectivity index (χ4n) is 0.929. The van der Waals surface area contributed by atoms with E-state index in [0.29, 0.717) is 5.69 Å². The lowest BCUT2D eigenvalue weighted by atomic mass is 10.1. The Morgan fingerprint density at radius 1 is 1.54 bits per heavy atom. The predicted octanol–water partition coefficient (Wildman–Crippen LogP) is 2.04. The topological polar surface area (TPSA) is 50.2 Å². The summed E-state index contributed by atoms with van der Waals surface area (Å²) in [5.74, 6) is -2.11. The van der Waals surface area contributed by atoms with Crippen molar-refractivity contribution < 1.29 is 14.3 Å². The number of aromatic nitrogens is 1. The van der Waals surface area contributed by atoms with Crippen molar-refractivity contribution in [1.29, 1.82) is 0 Å². The maximum atomic E-state index is 13.0. The van der Waals surface area contributed by atoms with Gasteiger partial charge >= 0.3 is 5.97 Å². The Kier molecular flexibility index (Phi) is 2.60. The molecule has 0 fully saturated rings. The smallest absolute Gasteiger partial charge is 0.340 e. The highest BCUT2D eigenvalue weighted by Crippen LogP contribution is 2.13. The van der Waals surface area contributed by atoms with Crippen molar-refractivity contribution in [2.75, 3.05) is 0 Å². The maximum absolute atomic E-state index is 13.0. The molecule has 0 saturated carbocycles. The molecule has 1 N–H and O–H groups in total. The van der Waals surface area contributed by atoms with Crippen molar-refractivity contribution in [1.82, 2.24) is 4.98 Å². The van der Waals surface area contributed by atoms with Crippen LogP contribution in [-0.2, 0) is 0 Å². The van der Waals surface area contributed by atoms with Gasteiger partial charge in [0.2, 0.25) is 5.95 Å². The summed E-state index contributed by atoms with van der Waals surface area (Å²) in [5.41, 5.74) is 0.173. The van der Waals surface area contributed by atoms with Crippen molar-refractivity contribution in [3.8, 4) is 0 Å². The van der Waals surface area contributed by atoms with Crippen LogP contribution in [0.15, 0.2) is 12.1 Å². The lowest BCUT2D eigenvalue weighted by molar-refractivity contribution is 0.0690. The number of carboxylic acids is 1. The van der Waals surface area contributed by atoms with E-state index in [1.165, 1.54) is 12.1 Å². The zero-order valence-electron chi connectivity index (χ0n) is 7.41. The van der Waals surface area contributed by atoms with Crippen LogP contribution in [0.3, 0.4) is 0 Å². The molecule has 0 atom stereocenters. The largest absolute Gasteiger partial charge is 0.478 e. The first-order valence-electron chi connectivity index (χ1n) is 3.92. The van der Waals surface area contributed by atoms with Gasteiger partial charge in [-0.25, -0.2) is 9.78 Å². The second-order valence-electron chi connectivity index (χ2n) is 3.03. The first-order valence-corrected chi connectivity index (χ1v) is 3.92. The minimum Gasteiger partial charge on any atom is -0.478 e. The minimum absolute atomic E-state index is 0.0948. The average molecular weight is 183 g/mol. The van der Waals surface area contributed by atoms with E-state index in [0.717, 1.165) is 0 Å². The molecular weight excluding hydrogens is 173 g/mol. The molecule has 70 valence electrons. The fraction of sp³-hybridized carbons (Fsp3) is 0.333. The van der Waals surface area contributed by atoms with Gasteiger partial charge in [-0.2, -0.15) is 4.39 Å². The minimum atomic E-state index is -1.29. The monoisotopic (exact) mass is 183 g/mol. The number of hydrogen-bond acceptors (Lipinski definition) is 2. The Bertz CT molecular complexity index is 336. The number of halogens is 1. The van der Waals surface area contributed by atoms with E-state index in [1.807, 2.05) is 13.8 Å². The van der Waals surface area contributed by atoms with E-state index in [-0.39, 0.29) is 11.5 Å². The second kappa shape index (κ2) is 3.51. The molecule has 4 heteroatoms. The zero-order valence-corrected chi connectivity index (χ0v) is 7.41. The average Bonchev–Trinajstić information content (AvgIpc) is 2.03. The molecule has 0 aliphatic carbocycles. The first-order chi connectivity index (χ1) is 6.02. The summed E-state index contributed by atoms with van der Waals surface area (Å²) in [7, 11) is 0. The summed E-state index contributed by atoms with van der Waals surface area (Å²) in [6.45, 7) is 3.73. The summed E-state index contributed by atoms with van der Waals surface area (Å²) in [6.07, 6.45) is 0. The Balaban J connectivity index is 3.13. The SMILES string of the molecule is CC(C)c1ccc(C(=O)O)c(F)n1. The molecule has 0 aliphatic heterocycles.